The van der Waals surface area contributed by atoms with Gasteiger partial charge in [-0.05, 0) is 61.4 Å². The van der Waals surface area contributed by atoms with E-state index in [2.05, 4.69) is 5.32 Å². The average molecular weight is 428 g/mol. The molecule has 1 heterocycles. The first kappa shape index (κ1) is 21.3. The van der Waals surface area contributed by atoms with Crippen molar-refractivity contribution in [3.63, 3.8) is 0 Å². The van der Waals surface area contributed by atoms with Crippen molar-refractivity contribution >= 4 is 23.3 Å². The van der Waals surface area contributed by atoms with Crippen LogP contribution in [0.25, 0.3) is 0 Å². The maximum absolute atomic E-state index is 12.4. The number of nitrogens with zero attached hydrogens (tertiary/aromatic N) is 1. The zero-order valence-corrected chi connectivity index (χ0v) is 17.6. The first-order chi connectivity index (χ1) is 15.6. The third kappa shape index (κ3) is 5.21. The number of anilines is 1. The molecule has 0 aromatic heterocycles. The molecule has 3 aromatic carbocycles. The lowest BCUT2D eigenvalue weighted by atomic mass is 10.0. The fraction of sp³-hybridized carbons (Fsp3) is 0.192. The van der Waals surface area contributed by atoms with E-state index in [0.29, 0.717) is 28.1 Å². The molecule has 0 radical (unpaired) electrons. The summed E-state index contributed by atoms with van der Waals surface area (Å²) in [5.41, 5.74) is 2.39. The number of ether oxygens (including phenoxy) is 1. The molecule has 0 saturated carbocycles. The number of hydrogen-bond donors (Lipinski definition) is 1. The van der Waals surface area contributed by atoms with Gasteiger partial charge in [0, 0.05) is 35.5 Å². The Hall–Kier alpha value is -3.93. The van der Waals surface area contributed by atoms with Gasteiger partial charge in [-0.3, -0.25) is 14.4 Å². The Morgan fingerprint density at radius 1 is 0.750 bits per heavy atom. The second-order valence-corrected chi connectivity index (χ2v) is 7.63. The highest BCUT2D eigenvalue weighted by Crippen LogP contribution is 2.17. The van der Waals surface area contributed by atoms with Crippen molar-refractivity contribution in [2.75, 3.05) is 25.0 Å². The van der Waals surface area contributed by atoms with E-state index in [1.165, 1.54) is 0 Å². The first-order valence-electron chi connectivity index (χ1n) is 10.6. The van der Waals surface area contributed by atoms with Crippen molar-refractivity contribution in [2.24, 2.45) is 0 Å². The molecule has 1 saturated heterocycles. The molecular formula is C26H24N2O4. The molecule has 0 bridgehead atoms. The molecule has 0 aliphatic carbocycles. The molecule has 162 valence electrons. The normalized spacial score (nSPS) is 12.9. The van der Waals surface area contributed by atoms with Gasteiger partial charge in [0.05, 0.1) is 0 Å². The van der Waals surface area contributed by atoms with Crippen LogP contribution in [0.3, 0.4) is 0 Å². The van der Waals surface area contributed by atoms with Gasteiger partial charge in [0.1, 0.15) is 5.75 Å². The van der Waals surface area contributed by atoms with E-state index in [0.717, 1.165) is 25.9 Å². The third-order valence-corrected chi connectivity index (χ3v) is 5.33. The SMILES string of the molecule is O=C(COc1ccc(C(=O)c2ccccc2)cc1)Nc1ccc(C(=O)N2CCCC2)cc1. The summed E-state index contributed by atoms with van der Waals surface area (Å²) in [6.07, 6.45) is 2.10. The van der Waals surface area contributed by atoms with Crippen LogP contribution in [-0.2, 0) is 4.79 Å². The van der Waals surface area contributed by atoms with Crippen molar-refractivity contribution in [1.82, 2.24) is 4.90 Å². The number of ketones is 1. The third-order valence-electron chi connectivity index (χ3n) is 5.33. The summed E-state index contributed by atoms with van der Waals surface area (Å²) in [6.45, 7) is 1.44. The summed E-state index contributed by atoms with van der Waals surface area (Å²) >= 11 is 0. The Labute approximate surface area is 186 Å². The van der Waals surface area contributed by atoms with Crippen LogP contribution in [0.1, 0.15) is 39.1 Å². The van der Waals surface area contributed by atoms with Gasteiger partial charge in [-0.15, -0.1) is 0 Å². The summed E-state index contributed by atoms with van der Waals surface area (Å²) in [5.74, 6) is 0.142. The Bertz CT molecular complexity index is 1090. The van der Waals surface area contributed by atoms with Crippen LogP contribution in [0.15, 0.2) is 78.9 Å². The highest BCUT2D eigenvalue weighted by molar-refractivity contribution is 6.09. The number of carbonyl (C=O) groups is 3. The van der Waals surface area contributed by atoms with Gasteiger partial charge in [-0.25, -0.2) is 0 Å². The summed E-state index contributed by atoms with van der Waals surface area (Å²) in [5, 5.41) is 2.76. The quantitative estimate of drug-likeness (QED) is 0.573. The van der Waals surface area contributed by atoms with Crippen LogP contribution in [0.4, 0.5) is 5.69 Å². The largest absolute Gasteiger partial charge is 0.484 e. The molecule has 1 N–H and O–H groups in total. The van der Waals surface area contributed by atoms with Gasteiger partial charge in [-0.2, -0.15) is 0 Å². The number of carbonyl (C=O) groups excluding carboxylic acids is 3. The van der Waals surface area contributed by atoms with Gasteiger partial charge in [0.25, 0.3) is 11.8 Å². The van der Waals surface area contributed by atoms with Crippen LogP contribution >= 0.6 is 0 Å². The van der Waals surface area contributed by atoms with E-state index in [1.807, 2.05) is 23.1 Å². The molecule has 1 aliphatic heterocycles. The van der Waals surface area contributed by atoms with Gasteiger partial charge in [0.2, 0.25) is 0 Å². The first-order valence-corrected chi connectivity index (χ1v) is 10.6. The Morgan fingerprint density at radius 3 is 2.00 bits per heavy atom. The molecule has 0 spiro atoms. The maximum atomic E-state index is 12.4. The van der Waals surface area contributed by atoms with E-state index in [1.54, 1.807) is 60.7 Å². The second kappa shape index (κ2) is 9.92. The minimum Gasteiger partial charge on any atom is -0.484 e. The molecule has 0 unspecified atom stereocenters. The molecule has 6 heteroatoms. The van der Waals surface area contributed by atoms with Crippen molar-refractivity contribution in [3.8, 4) is 5.75 Å². The molecule has 6 nitrogen and oxygen atoms in total. The summed E-state index contributed by atoms with van der Waals surface area (Å²) < 4.78 is 5.53. The number of benzene rings is 3. The zero-order valence-electron chi connectivity index (χ0n) is 17.6. The number of amides is 2. The number of nitrogens with one attached hydrogen (secondary N) is 1. The van der Waals surface area contributed by atoms with Crippen LogP contribution in [0.2, 0.25) is 0 Å². The second-order valence-electron chi connectivity index (χ2n) is 7.63. The minimum atomic E-state index is -0.312. The number of rotatable bonds is 7. The van der Waals surface area contributed by atoms with E-state index in [-0.39, 0.29) is 24.2 Å². The minimum absolute atomic E-state index is 0.0258. The monoisotopic (exact) mass is 428 g/mol. The molecule has 2 amide bonds. The van der Waals surface area contributed by atoms with Gasteiger partial charge in [0.15, 0.2) is 12.4 Å². The lowest BCUT2D eigenvalue weighted by Crippen LogP contribution is -2.27. The molecule has 1 fully saturated rings. The Kier molecular flexibility index (Phi) is 6.60. The van der Waals surface area contributed by atoms with E-state index in [9.17, 15) is 14.4 Å². The van der Waals surface area contributed by atoms with Crippen LogP contribution in [0, 0.1) is 0 Å². The predicted molar refractivity (Wildman–Crippen MR) is 122 cm³/mol. The van der Waals surface area contributed by atoms with Crippen LogP contribution in [0.5, 0.6) is 5.75 Å². The van der Waals surface area contributed by atoms with Crippen molar-refractivity contribution in [1.29, 1.82) is 0 Å². The van der Waals surface area contributed by atoms with Crippen LogP contribution in [-0.4, -0.2) is 42.2 Å². The summed E-state index contributed by atoms with van der Waals surface area (Å²) in [6, 6.07) is 22.6. The van der Waals surface area contributed by atoms with Gasteiger partial charge >= 0.3 is 0 Å². The highest BCUT2D eigenvalue weighted by atomic mass is 16.5. The fourth-order valence-corrected chi connectivity index (χ4v) is 3.60. The fourth-order valence-electron chi connectivity index (χ4n) is 3.60. The Morgan fingerprint density at radius 2 is 1.34 bits per heavy atom. The summed E-state index contributed by atoms with van der Waals surface area (Å²) in [4.78, 5) is 38.9. The summed E-state index contributed by atoms with van der Waals surface area (Å²) in [7, 11) is 0. The highest BCUT2D eigenvalue weighted by Gasteiger charge is 2.19. The maximum Gasteiger partial charge on any atom is 0.262 e. The van der Waals surface area contributed by atoms with E-state index >= 15 is 0 Å². The van der Waals surface area contributed by atoms with E-state index < -0.39 is 0 Å². The molecule has 32 heavy (non-hydrogen) atoms. The van der Waals surface area contributed by atoms with E-state index in [4.69, 9.17) is 4.74 Å². The molecule has 3 aromatic rings. The van der Waals surface area contributed by atoms with Gasteiger partial charge in [-0.1, -0.05) is 30.3 Å². The standard InChI is InChI=1S/C26H24N2O4/c29-24(27-22-12-8-21(9-13-22)26(31)28-16-4-5-17-28)18-32-23-14-10-20(11-15-23)25(30)19-6-2-1-3-7-19/h1-3,6-15H,4-5,16-18H2,(H,27,29). The number of likely N-dealkylation sites (tertiary alicyclic amines) is 1. The molecule has 0 atom stereocenters. The lowest BCUT2D eigenvalue weighted by Gasteiger charge is -2.15. The zero-order chi connectivity index (χ0) is 22.3. The smallest absolute Gasteiger partial charge is 0.262 e. The average Bonchev–Trinajstić information content (AvgIpc) is 3.38. The topological polar surface area (TPSA) is 75.7 Å². The molecule has 4 rings (SSSR count). The van der Waals surface area contributed by atoms with Crippen molar-refractivity contribution in [2.45, 2.75) is 12.8 Å². The lowest BCUT2D eigenvalue weighted by molar-refractivity contribution is -0.118. The Balaban J connectivity index is 1.27. The molecule has 1 aliphatic rings. The predicted octanol–water partition coefficient (Wildman–Crippen LogP) is 4.17. The van der Waals surface area contributed by atoms with Crippen LogP contribution < -0.4 is 10.1 Å². The molecular weight excluding hydrogens is 404 g/mol. The van der Waals surface area contributed by atoms with Crippen molar-refractivity contribution in [3.05, 3.63) is 95.6 Å². The number of hydrogen-bond acceptors (Lipinski definition) is 4. The van der Waals surface area contributed by atoms with Crippen molar-refractivity contribution < 1.29 is 19.1 Å². The van der Waals surface area contributed by atoms with Gasteiger partial charge < -0.3 is 15.0 Å².